The third-order valence-corrected chi connectivity index (χ3v) is 4.67. The lowest BCUT2D eigenvalue weighted by Gasteiger charge is -2.13. The summed E-state index contributed by atoms with van der Waals surface area (Å²) in [6, 6.07) is 17.1. The number of nitrogens with one attached hydrogen (secondary N) is 3. The highest BCUT2D eigenvalue weighted by Crippen LogP contribution is 2.19. The molecule has 0 aliphatic heterocycles. The number of nitrogens with zero attached hydrogens (tertiary/aromatic N) is 1. The highest BCUT2D eigenvalue weighted by Gasteiger charge is 2.14. The number of aryl methyl sites for hydroxylation is 1. The minimum absolute atomic E-state index is 0.00464. The Hall–Kier alpha value is -3.32. The number of rotatable bonds is 7. The van der Waals surface area contributed by atoms with Crippen LogP contribution in [-0.2, 0) is 11.8 Å². The second-order valence-electron chi connectivity index (χ2n) is 6.78. The molecule has 2 aromatic carbocycles. The van der Waals surface area contributed by atoms with Crippen LogP contribution in [0.4, 0.5) is 4.79 Å². The van der Waals surface area contributed by atoms with Crippen molar-refractivity contribution in [2.24, 2.45) is 7.05 Å². The molecule has 1 atom stereocenters. The molecule has 29 heavy (non-hydrogen) atoms. The summed E-state index contributed by atoms with van der Waals surface area (Å²) in [5.41, 5.74) is 7.40. The van der Waals surface area contributed by atoms with Gasteiger partial charge in [0, 0.05) is 37.3 Å². The van der Waals surface area contributed by atoms with Crippen LogP contribution in [0.1, 0.15) is 35.4 Å². The van der Waals surface area contributed by atoms with Gasteiger partial charge in [-0.1, -0.05) is 48.5 Å². The van der Waals surface area contributed by atoms with E-state index in [9.17, 15) is 9.59 Å². The fourth-order valence-electron chi connectivity index (χ4n) is 3.10. The van der Waals surface area contributed by atoms with Gasteiger partial charge in [-0.2, -0.15) is 0 Å². The van der Waals surface area contributed by atoms with Crippen LogP contribution in [0.3, 0.4) is 0 Å². The van der Waals surface area contributed by atoms with Crippen molar-refractivity contribution in [2.45, 2.75) is 19.4 Å². The topological polar surface area (TPSA) is 84.4 Å². The number of hydrazine groups is 1. The first-order chi connectivity index (χ1) is 14.1. The minimum Gasteiger partial charge on any atom is -0.374 e. The fraction of sp³-hybridized carbons (Fsp3) is 0.273. The molecule has 7 heteroatoms. The molecule has 3 amide bonds. The number of ether oxygens (including phenoxy) is 1. The SMILES string of the molecule is CC(OCCCNC(=O)NNC(=O)c1cn(C)c2ccccc12)c1ccccc1. The molecule has 0 aliphatic rings. The Labute approximate surface area is 170 Å². The van der Waals surface area contributed by atoms with E-state index in [1.165, 1.54) is 0 Å². The van der Waals surface area contributed by atoms with Gasteiger partial charge in [0.05, 0.1) is 11.7 Å². The van der Waals surface area contributed by atoms with Gasteiger partial charge in [-0.05, 0) is 25.0 Å². The molecule has 7 nitrogen and oxygen atoms in total. The van der Waals surface area contributed by atoms with E-state index in [0.717, 1.165) is 16.5 Å². The number of carbonyl (C=O) groups is 2. The predicted octanol–water partition coefficient (Wildman–Crippen LogP) is 3.29. The molecule has 0 bridgehead atoms. The van der Waals surface area contributed by atoms with Crippen LogP contribution < -0.4 is 16.2 Å². The van der Waals surface area contributed by atoms with Crippen molar-refractivity contribution in [1.82, 2.24) is 20.7 Å². The lowest BCUT2D eigenvalue weighted by atomic mass is 10.1. The summed E-state index contributed by atoms with van der Waals surface area (Å²) in [4.78, 5) is 24.3. The molecule has 0 radical (unpaired) electrons. The van der Waals surface area contributed by atoms with Crippen molar-refractivity contribution in [3.8, 4) is 0 Å². The normalized spacial score (nSPS) is 11.8. The van der Waals surface area contributed by atoms with Crippen molar-refractivity contribution < 1.29 is 14.3 Å². The van der Waals surface area contributed by atoms with Crippen LogP contribution in [0.2, 0.25) is 0 Å². The van der Waals surface area contributed by atoms with Crippen LogP contribution >= 0.6 is 0 Å². The molecule has 3 rings (SSSR count). The maximum atomic E-state index is 12.4. The summed E-state index contributed by atoms with van der Waals surface area (Å²) >= 11 is 0. The molecule has 0 spiro atoms. The molecule has 1 unspecified atom stereocenters. The van der Waals surface area contributed by atoms with Gasteiger partial charge in [0.2, 0.25) is 0 Å². The lowest BCUT2D eigenvalue weighted by molar-refractivity contribution is 0.0643. The van der Waals surface area contributed by atoms with Gasteiger partial charge < -0.3 is 14.6 Å². The number of aromatic nitrogens is 1. The average Bonchev–Trinajstić information content (AvgIpc) is 3.09. The van der Waals surface area contributed by atoms with Gasteiger partial charge in [-0.25, -0.2) is 10.2 Å². The molecule has 0 saturated carbocycles. The van der Waals surface area contributed by atoms with E-state index < -0.39 is 6.03 Å². The number of hydrogen-bond acceptors (Lipinski definition) is 3. The number of amides is 3. The number of urea groups is 1. The van der Waals surface area contributed by atoms with Crippen LogP contribution in [0.15, 0.2) is 60.8 Å². The first-order valence-corrected chi connectivity index (χ1v) is 9.61. The van der Waals surface area contributed by atoms with E-state index in [2.05, 4.69) is 16.2 Å². The highest BCUT2D eigenvalue weighted by molar-refractivity contribution is 6.07. The number of carbonyl (C=O) groups excluding carboxylic acids is 2. The van der Waals surface area contributed by atoms with Gasteiger partial charge in [0.25, 0.3) is 5.91 Å². The van der Waals surface area contributed by atoms with Gasteiger partial charge >= 0.3 is 6.03 Å². The first-order valence-electron chi connectivity index (χ1n) is 9.61. The highest BCUT2D eigenvalue weighted by atomic mass is 16.5. The Kier molecular flexibility index (Phi) is 6.86. The number of para-hydroxylation sites is 1. The molecule has 0 aliphatic carbocycles. The van der Waals surface area contributed by atoms with E-state index in [-0.39, 0.29) is 12.0 Å². The Morgan fingerprint density at radius 3 is 2.55 bits per heavy atom. The Balaban J connectivity index is 1.36. The monoisotopic (exact) mass is 394 g/mol. The largest absolute Gasteiger partial charge is 0.374 e. The van der Waals surface area contributed by atoms with Crippen molar-refractivity contribution in [3.63, 3.8) is 0 Å². The second-order valence-corrected chi connectivity index (χ2v) is 6.78. The van der Waals surface area contributed by atoms with E-state index in [1.807, 2.05) is 73.1 Å². The molecule has 1 aromatic heterocycles. The van der Waals surface area contributed by atoms with Crippen molar-refractivity contribution in [3.05, 3.63) is 71.9 Å². The van der Waals surface area contributed by atoms with Gasteiger partial charge in [-0.15, -0.1) is 0 Å². The summed E-state index contributed by atoms with van der Waals surface area (Å²) in [7, 11) is 1.87. The number of fused-ring (bicyclic) bond motifs is 1. The second kappa shape index (κ2) is 9.75. The van der Waals surface area contributed by atoms with E-state index >= 15 is 0 Å². The third kappa shape index (κ3) is 5.36. The molecular formula is C22H26N4O3. The smallest absolute Gasteiger partial charge is 0.333 e. The summed E-state index contributed by atoms with van der Waals surface area (Å²) in [6.07, 6.45) is 2.41. The maximum absolute atomic E-state index is 12.4. The lowest BCUT2D eigenvalue weighted by Crippen LogP contribution is -2.47. The molecule has 3 aromatic rings. The molecule has 0 fully saturated rings. The van der Waals surface area contributed by atoms with Gasteiger partial charge in [0.1, 0.15) is 0 Å². The summed E-state index contributed by atoms with van der Waals surface area (Å²) in [5.74, 6) is -0.364. The summed E-state index contributed by atoms with van der Waals surface area (Å²) in [5, 5.41) is 3.53. The van der Waals surface area contributed by atoms with Crippen molar-refractivity contribution >= 4 is 22.8 Å². The quantitative estimate of drug-likeness (QED) is 0.425. The van der Waals surface area contributed by atoms with Gasteiger partial charge in [-0.3, -0.25) is 10.2 Å². The van der Waals surface area contributed by atoms with Crippen LogP contribution in [0, 0.1) is 0 Å². The molecular weight excluding hydrogens is 368 g/mol. The van der Waals surface area contributed by atoms with E-state index in [1.54, 1.807) is 6.20 Å². The van der Waals surface area contributed by atoms with E-state index in [4.69, 9.17) is 4.74 Å². The maximum Gasteiger partial charge on any atom is 0.333 e. The standard InChI is InChI=1S/C22H26N4O3/c1-16(17-9-4-3-5-10-17)29-14-8-13-23-22(28)25-24-21(27)19-15-26(2)20-12-7-6-11-18(19)20/h3-7,9-12,15-16H,8,13-14H2,1-2H3,(H,24,27)(H2,23,25,28). The zero-order chi connectivity index (χ0) is 20.6. The molecule has 152 valence electrons. The molecule has 3 N–H and O–H groups in total. The third-order valence-electron chi connectivity index (χ3n) is 4.67. The van der Waals surface area contributed by atoms with Gasteiger partial charge in [0.15, 0.2) is 0 Å². The minimum atomic E-state index is -0.463. The Bertz CT molecular complexity index is 969. The Morgan fingerprint density at radius 2 is 1.76 bits per heavy atom. The summed E-state index contributed by atoms with van der Waals surface area (Å²) < 4.78 is 7.64. The predicted molar refractivity (Wildman–Crippen MR) is 112 cm³/mol. The zero-order valence-corrected chi connectivity index (χ0v) is 16.6. The molecule has 0 saturated heterocycles. The zero-order valence-electron chi connectivity index (χ0n) is 16.6. The van der Waals surface area contributed by atoms with Crippen molar-refractivity contribution in [1.29, 1.82) is 0 Å². The fourth-order valence-corrected chi connectivity index (χ4v) is 3.10. The van der Waals surface area contributed by atoms with E-state index in [0.29, 0.717) is 25.1 Å². The van der Waals surface area contributed by atoms with Crippen molar-refractivity contribution in [2.75, 3.05) is 13.2 Å². The summed E-state index contributed by atoms with van der Waals surface area (Å²) in [6.45, 7) is 2.97. The molecule has 1 heterocycles. The van der Waals surface area contributed by atoms with Crippen LogP contribution in [0.25, 0.3) is 10.9 Å². The Morgan fingerprint density at radius 1 is 1.03 bits per heavy atom. The first kappa shape index (κ1) is 20.4. The number of benzene rings is 2. The number of hydrogen-bond donors (Lipinski definition) is 3. The average molecular weight is 394 g/mol. The van der Waals surface area contributed by atoms with Crippen LogP contribution in [0.5, 0.6) is 0 Å². The van der Waals surface area contributed by atoms with Crippen LogP contribution in [-0.4, -0.2) is 29.7 Å².